The van der Waals surface area contributed by atoms with Crippen LogP contribution in [-0.4, -0.2) is 38.9 Å². The molecule has 4 rings (SSSR count). The lowest BCUT2D eigenvalue weighted by Crippen LogP contribution is -2.36. The van der Waals surface area contributed by atoms with Gasteiger partial charge in [0.1, 0.15) is 0 Å². The molecule has 166 valence electrons. The van der Waals surface area contributed by atoms with E-state index in [2.05, 4.69) is 20.6 Å². The average molecular weight is 428 g/mol. The fraction of sp³-hybridized carbons (Fsp3) is 0.591. The maximum Gasteiger partial charge on any atom is 0.329 e. The number of pyridine rings is 1. The van der Waals surface area contributed by atoms with E-state index in [0.717, 1.165) is 44.2 Å². The van der Waals surface area contributed by atoms with Crippen molar-refractivity contribution in [2.75, 3.05) is 6.54 Å². The highest BCUT2D eigenvalue weighted by Gasteiger charge is 2.28. The van der Waals surface area contributed by atoms with Gasteiger partial charge in [-0.3, -0.25) is 23.9 Å². The Balaban J connectivity index is 1.57. The van der Waals surface area contributed by atoms with Crippen molar-refractivity contribution in [3.05, 3.63) is 38.2 Å². The third-order valence-corrected chi connectivity index (χ3v) is 6.01. The summed E-state index contributed by atoms with van der Waals surface area (Å²) in [6.45, 7) is 2.50. The molecule has 2 aliphatic carbocycles. The van der Waals surface area contributed by atoms with Crippen molar-refractivity contribution in [2.24, 2.45) is 0 Å². The second-order valence-electron chi connectivity index (χ2n) is 8.53. The molecule has 0 radical (unpaired) electrons. The number of nitrogens with one attached hydrogen (secondary N) is 3. The molecular weight excluding hydrogens is 398 g/mol. The lowest BCUT2D eigenvalue weighted by Gasteiger charge is -2.14. The molecule has 0 aliphatic heterocycles. The molecule has 2 aliphatic rings. The van der Waals surface area contributed by atoms with Gasteiger partial charge < -0.3 is 10.6 Å². The number of rotatable bonds is 8. The summed E-state index contributed by atoms with van der Waals surface area (Å²) >= 11 is 0. The van der Waals surface area contributed by atoms with Crippen molar-refractivity contribution in [3.63, 3.8) is 0 Å². The van der Waals surface area contributed by atoms with Gasteiger partial charge >= 0.3 is 5.69 Å². The highest BCUT2D eigenvalue weighted by Crippen LogP contribution is 2.39. The average Bonchev–Trinajstić information content (AvgIpc) is 3.47. The first-order chi connectivity index (χ1) is 15.0. The van der Waals surface area contributed by atoms with Crippen LogP contribution in [0.4, 0.5) is 0 Å². The van der Waals surface area contributed by atoms with Crippen molar-refractivity contribution in [1.29, 1.82) is 0 Å². The molecule has 9 nitrogen and oxygen atoms in total. The first-order valence-corrected chi connectivity index (χ1v) is 11.2. The molecular formula is C22H29N5O4. The van der Waals surface area contributed by atoms with Crippen LogP contribution in [0.5, 0.6) is 0 Å². The number of aromatic nitrogens is 3. The van der Waals surface area contributed by atoms with E-state index in [4.69, 9.17) is 0 Å². The molecule has 2 aromatic heterocycles. The number of amides is 2. The van der Waals surface area contributed by atoms with E-state index < -0.39 is 17.2 Å². The second-order valence-corrected chi connectivity index (χ2v) is 8.53. The summed E-state index contributed by atoms with van der Waals surface area (Å²) in [5, 5.41) is 5.87. The molecule has 0 aromatic carbocycles. The van der Waals surface area contributed by atoms with E-state index in [9.17, 15) is 19.2 Å². The van der Waals surface area contributed by atoms with Gasteiger partial charge in [0.2, 0.25) is 5.91 Å². The number of aromatic amines is 1. The van der Waals surface area contributed by atoms with Crippen molar-refractivity contribution < 1.29 is 9.59 Å². The maximum absolute atomic E-state index is 13.0. The molecule has 2 heterocycles. The molecule has 2 amide bonds. The van der Waals surface area contributed by atoms with Gasteiger partial charge in [0, 0.05) is 37.2 Å². The first kappa shape index (κ1) is 21.3. The Labute approximate surface area is 179 Å². The number of aryl methyl sites for hydroxylation is 1. The normalized spacial score (nSPS) is 16.5. The Morgan fingerprint density at radius 3 is 2.61 bits per heavy atom. The number of hydrogen-bond donors (Lipinski definition) is 3. The predicted molar refractivity (Wildman–Crippen MR) is 116 cm³/mol. The number of H-pyrrole nitrogens is 1. The zero-order chi connectivity index (χ0) is 22.0. The standard InChI is InChI=1S/C22H29N5O4/c1-2-11-27-19-18(21(30)26-22(27)31)15(12-16(25-19)13-7-8-13)20(29)23-10-9-17(28)24-14-5-3-4-6-14/h12-14H,2-11H2,1H3,(H,23,29)(H,24,28)(H,26,30,31). The summed E-state index contributed by atoms with van der Waals surface area (Å²) < 4.78 is 1.43. The van der Waals surface area contributed by atoms with E-state index in [-0.39, 0.29) is 47.4 Å². The molecule has 0 atom stereocenters. The van der Waals surface area contributed by atoms with Crippen LogP contribution in [0.15, 0.2) is 15.7 Å². The summed E-state index contributed by atoms with van der Waals surface area (Å²) in [7, 11) is 0. The third-order valence-electron chi connectivity index (χ3n) is 6.01. The fourth-order valence-corrected chi connectivity index (χ4v) is 4.25. The summed E-state index contributed by atoms with van der Waals surface area (Å²) in [5.41, 5.74) is 0.0471. The molecule has 0 unspecified atom stereocenters. The zero-order valence-electron chi connectivity index (χ0n) is 17.8. The fourth-order valence-electron chi connectivity index (χ4n) is 4.25. The molecule has 2 fully saturated rings. The van der Waals surface area contributed by atoms with E-state index in [1.165, 1.54) is 4.57 Å². The van der Waals surface area contributed by atoms with Crippen molar-refractivity contribution in [3.8, 4) is 0 Å². The van der Waals surface area contributed by atoms with Crippen LogP contribution < -0.4 is 21.9 Å². The number of hydrogen-bond acceptors (Lipinski definition) is 5. The molecule has 0 saturated heterocycles. The summed E-state index contributed by atoms with van der Waals surface area (Å²) in [6, 6.07) is 1.89. The van der Waals surface area contributed by atoms with Gasteiger partial charge in [-0.25, -0.2) is 9.78 Å². The van der Waals surface area contributed by atoms with E-state index >= 15 is 0 Å². The van der Waals surface area contributed by atoms with Crippen LogP contribution >= 0.6 is 0 Å². The first-order valence-electron chi connectivity index (χ1n) is 11.2. The van der Waals surface area contributed by atoms with Crippen LogP contribution in [-0.2, 0) is 11.3 Å². The smallest absolute Gasteiger partial charge is 0.329 e. The van der Waals surface area contributed by atoms with E-state index in [0.29, 0.717) is 13.0 Å². The molecule has 2 saturated carbocycles. The summed E-state index contributed by atoms with van der Waals surface area (Å²) in [6.07, 6.45) is 7.10. The number of carbonyl (C=O) groups excluding carboxylic acids is 2. The highest BCUT2D eigenvalue weighted by molar-refractivity contribution is 6.05. The second kappa shape index (κ2) is 9.03. The SMILES string of the molecule is CCCn1c(=O)[nH]c(=O)c2c(C(=O)NCCC(=O)NC3CCCC3)cc(C3CC3)nc21. The highest BCUT2D eigenvalue weighted by atomic mass is 16.2. The topological polar surface area (TPSA) is 126 Å². The Hall–Kier alpha value is -2.97. The number of nitrogens with zero attached hydrogens (tertiary/aromatic N) is 2. The van der Waals surface area contributed by atoms with Gasteiger partial charge in [0.05, 0.1) is 10.9 Å². The number of fused-ring (bicyclic) bond motifs is 1. The molecule has 0 spiro atoms. The van der Waals surface area contributed by atoms with Crippen LogP contribution in [0.25, 0.3) is 11.0 Å². The predicted octanol–water partition coefficient (Wildman–Crippen LogP) is 1.55. The van der Waals surface area contributed by atoms with Crippen LogP contribution in [0.1, 0.15) is 80.3 Å². The molecule has 9 heteroatoms. The third kappa shape index (κ3) is 4.70. The van der Waals surface area contributed by atoms with Crippen LogP contribution in [0, 0.1) is 0 Å². The Bertz CT molecular complexity index is 1110. The minimum absolute atomic E-state index is 0.0833. The van der Waals surface area contributed by atoms with Gasteiger partial charge in [-0.15, -0.1) is 0 Å². The minimum atomic E-state index is -0.619. The van der Waals surface area contributed by atoms with Crippen molar-refractivity contribution in [2.45, 2.75) is 76.8 Å². The summed E-state index contributed by atoms with van der Waals surface area (Å²) in [4.78, 5) is 56.9. The van der Waals surface area contributed by atoms with Crippen LogP contribution in [0.3, 0.4) is 0 Å². The minimum Gasteiger partial charge on any atom is -0.353 e. The van der Waals surface area contributed by atoms with Gasteiger partial charge in [0.15, 0.2) is 5.65 Å². The van der Waals surface area contributed by atoms with Crippen molar-refractivity contribution in [1.82, 2.24) is 25.2 Å². The van der Waals surface area contributed by atoms with Crippen LogP contribution in [0.2, 0.25) is 0 Å². The van der Waals surface area contributed by atoms with Gasteiger partial charge in [-0.05, 0) is 38.2 Å². The lowest BCUT2D eigenvalue weighted by atomic mass is 10.1. The van der Waals surface area contributed by atoms with Gasteiger partial charge in [-0.2, -0.15) is 0 Å². The Morgan fingerprint density at radius 1 is 1.19 bits per heavy atom. The number of carbonyl (C=O) groups is 2. The zero-order valence-corrected chi connectivity index (χ0v) is 17.8. The monoisotopic (exact) mass is 427 g/mol. The molecule has 2 aromatic rings. The molecule has 3 N–H and O–H groups in total. The maximum atomic E-state index is 13.0. The van der Waals surface area contributed by atoms with E-state index in [1.807, 2.05) is 6.92 Å². The van der Waals surface area contributed by atoms with Crippen molar-refractivity contribution >= 4 is 22.8 Å². The Morgan fingerprint density at radius 2 is 1.94 bits per heavy atom. The lowest BCUT2D eigenvalue weighted by molar-refractivity contribution is -0.121. The molecule has 31 heavy (non-hydrogen) atoms. The largest absolute Gasteiger partial charge is 0.353 e. The van der Waals surface area contributed by atoms with E-state index in [1.54, 1.807) is 6.07 Å². The Kier molecular flexibility index (Phi) is 6.20. The summed E-state index contributed by atoms with van der Waals surface area (Å²) in [5.74, 6) is -0.271. The quantitative estimate of drug-likeness (QED) is 0.589. The molecule has 0 bridgehead atoms. The van der Waals surface area contributed by atoms with Gasteiger partial charge in [0.25, 0.3) is 11.5 Å². The van der Waals surface area contributed by atoms with Gasteiger partial charge in [-0.1, -0.05) is 19.8 Å².